The van der Waals surface area contributed by atoms with E-state index in [0.717, 1.165) is 18.4 Å². The molecule has 3 fully saturated rings. The smallest absolute Gasteiger partial charge is 0.139 e. The van der Waals surface area contributed by atoms with Crippen molar-refractivity contribution in [1.82, 2.24) is 0 Å². The highest BCUT2D eigenvalue weighted by Crippen LogP contribution is 2.62. The fourth-order valence-corrected chi connectivity index (χ4v) is 6.09. The lowest BCUT2D eigenvalue weighted by molar-refractivity contribution is -0.161. The molecule has 0 aliphatic heterocycles. The van der Waals surface area contributed by atoms with Gasteiger partial charge in [0, 0.05) is 11.8 Å². The van der Waals surface area contributed by atoms with Gasteiger partial charge < -0.3 is 10.2 Å². The van der Waals surface area contributed by atoms with Crippen molar-refractivity contribution in [2.24, 2.45) is 28.6 Å². The van der Waals surface area contributed by atoms with Gasteiger partial charge in [0.15, 0.2) is 0 Å². The summed E-state index contributed by atoms with van der Waals surface area (Å²) in [5.41, 5.74) is -0.371. The summed E-state index contributed by atoms with van der Waals surface area (Å²) in [7, 11) is 0. The van der Waals surface area contributed by atoms with Gasteiger partial charge in [-0.1, -0.05) is 26.0 Å². The van der Waals surface area contributed by atoms with Gasteiger partial charge in [0.05, 0.1) is 11.7 Å². The zero-order valence-electron chi connectivity index (χ0n) is 15.1. The van der Waals surface area contributed by atoms with Crippen LogP contribution in [-0.2, 0) is 4.79 Å². The summed E-state index contributed by atoms with van der Waals surface area (Å²) in [6.07, 6.45) is 4.01. The molecule has 0 amide bonds. The number of ketones is 1. The minimum absolute atomic E-state index is 0.0263. The van der Waals surface area contributed by atoms with Gasteiger partial charge in [-0.3, -0.25) is 4.79 Å². The van der Waals surface area contributed by atoms with E-state index in [2.05, 4.69) is 20.4 Å². The second-order valence-electron chi connectivity index (χ2n) is 9.32. The number of allylic oxidation sites excluding steroid dienone is 1. The third-order valence-electron chi connectivity index (χ3n) is 7.83. The minimum atomic E-state index is -0.798. The summed E-state index contributed by atoms with van der Waals surface area (Å²) in [6, 6.07) is 0. The van der Waals surface area contributed by atoms with Crippen molar-refractivity contribution in [1.29, 1.82) is 0 Å². The molecule has 0 radical (unpaired) electrons. The number of hydrogen-bond donors (Lipinski definition) is 2. The average molecular weight is 320 g/mol. The van der Waals surface area contributed by atoms with Crippen molar-refractivity contribution in [3.8, 4) is 0 Å². The van der Waals surface area contributed by atoms with Crippen molar-refractivity contribution in [3.63, 3.8) is 0 Å². The van der Waals surface area contributed by atoms with Gasteiger partial charge >= 0.3 is 0 Å². The lowest BCUT2D eigenvalue weighted by Gasteiger charge is -2.53. The van der Waals surface area contributed by atoms with Crippen LogP contribution >= 0.6 is 0 Å². The Hall–Kier alpha value is -0.670. The number of Topliss-reactive ketones (excluding diaryl/α,β-unsaturated/α-hetero) is 1. The molecule has 0 heterocycles. The molecule has 0 bridgehead atoms. The first-order valence-corrected chi connectivity index (χ1v) is 9.11. The Morgan fingerprint density at radius 3 is 2.48 bits per heavy atom. The number of rotatable bonds is 1. The van der Waals surface area contributed by atoms with Crippen molar-refractivity contribution >= 4 is 5.78 Å². The van der Waals surface area contributed by atoms with Gasteiger partial charge in [0.2, 0.25) is 0 Å². The van der Waals surface area contributed by atoms with E-state index in [1.807, 2.05) is 13.8 Å². The first-order valence-electron chi connectivity index (χ1n) is 9.11. The molecule has 0 spiro atoms. The largest absolute Gasteiger partial charge is 0.393 e. The van der Waals surface area contributed by atoms with Gasteiger partial charge in [0.1, 0.15) is 5.78 Å². The van der Waals surface area contributed by atoms with Crippen molar-refractivity contribution in [2.75, 3.05) is 0 Å². The molecule has 3 rings (SSSR count). The van der Waals surface area contributed by atoms with Crippen LogP contribution in [-0.4, -0.2) is 27.7 Å². The van der Waals surface area contributed by atoms with Gasteiger partial charge in [-0.25, -0.2) is 0 Å². The van der Waals surface area contributed by atoms with Crippen molar-refractivity contribution in [2.45, 2.75) is 77.9 Å². The van der Waals surface area contributed by atoms with Gasteiger partial charge in [0.25, 0.3) is 0 Å². The zero-order valence-corrected chi connectivity index (χ0v) is 15.1. The molecule has 0 aromatic rings. The Labute approximate surface area is 140 Å². The molecule has 0 aromatic carbocycles. The lowest BCUT2D eigenvalue weighted by atomic mass is 9.56. The predicted octanol–water partition coefficient (Wildman–Crippen LogP) is 3.49. The molecular weight excluding hydrogens is 288 g/mol. The third kappa shape index (κ3) is 2.34. The number of aliphatic hydroxyl groups is 2. The van der Waals surface area contributed by atoms with Crippen LogP contribution in [0.25, 0.3) is 0 Å². The maximum atomic E-state index is 12.9. The molecule has 7 atom stereocenters. The molecule has 0 unspecified atom stereocenters. The van der Waals surface area contributed by atoms with E-state index in [9.17, 15) is 15.0 Å². The molecule has 130 valence electrons. The highest BCUT2D eigenvalue weighted by Gasteiger charge is 2.61. The van der Waals surface area contributed by atoms with Crippen LogP contribution in [0.2, 0.25) is 0 Å². The van der Waals surface area contributed by atoms with Crippen LogP contribution in [0.15, 0.2) is 12.2 Å². The normalized spacial score (nSPS) is 53.4. The van der Waals surface area contributed by atoms with Gasteiger partial charge in [-0.05, 0) is 69.1 Å². The molecule has 3 nitrogen and oxygen atoms in total. The highest BCUT2D eigenvalue weighted by atomic mass is 16.3. The third-order valence-corrected chi connectivity index (χ3v) is 7.83. The molecule has 3 saturated carbocycles. The number of carbonyl (C=O) groups is 1. The average Bonchev–Trinajstić information content (AvgIpc) is 2.62. The highest BCUT2D eigenvalue weighted by molar-refractivity contribution is 5.88. The number of fused-ring (bicyclic) bond motifs is 2. The first kappa shape index (κ1) is 17.2. The van der Waals surface area contributed by atoms with E-state index in [1.54, 1.807) is 0 Å². The Morgan fingerprint density at radius 1 is 1.22 bits per heavy atom. The van der Waals surface area contributed by atoms with Gasteiger partial charge in [-0.15, -0.1) is 0 Å². The summed E-state index contributed by atoms with van der Waals surface area (Å²) < 4.78 is 0. The molecular formula is C20H32O3. The molecule has 3 aliphatic rings. The predicted molar refractivity (Wildman–Crippen MR) is 90.8 cm³/mol. The standard InChI is InChI=1S/C20H32O3/c1-12(2)13-10-17(22)19(4)11-15-18(3,8-6-14(13)19)16(21)7-9-20(15,5)23/h13-16,21,23H,1,6-11H2,2-5H3/t13-,14+,15+,16+,18+,19-,20+/m1/s1. The Balaban J connectivity index is 2.04. The van der Waals surface area contributed by atoms with Crippen LogP contribution in [0.5, 0.6) is 0 Å². The van der Waals surface area contributed by atoms with Crippen molar-refractivity contribution in [3.05, 3.63) is 12.2 Å². The van der Waals surface area contributed by atoms with Gasteiger partial charge in [-0.2, -0.15) is 0 Å². The van der Waals surface area contributed by atoms with Crippen LogP contribution < -0.4 is 0 Å². The molecule has 0 saturated heterocycles. The lowest BCUT2D eigenvalue weighted by Crippen LogP contribution is -2.55. The van der Waals surface area contributed by atoms with Crippen LogP contribution in [0.1, 0.15) is 66.2 Å². The van der Waals surface area contributed by atoms with E-state index in [0.29, 0.717) is 37.4 Å². The SMILES string of the molecule is C=C(C)[C@H]1CC(=O)[C@]2(C)C[C@H]3[C@](C)(CC[C@@H]12)[C@@H](O)CC[C@]3(C)O. The Bertz CT molecular complexity index is 537. The summed E-state index contributed by atoms with van der Waals surface area (Å²) in [6.45, 7) is 12.3. The Kier molecular flexibility index (Phi) is 3.85. The van der Waals surface area contributed by atoms with E-state index in [-0.39, 0.29) is 28.8 Å². The Morgan fingerprint density at radius 2 is 1.87 bits per heavy atom. The quantitative estimate of drug-likeness (QED) is 0.727. The summed E-state index contributed by atoms with van der Waals surface area (Å²) in [4.78, 5) is 12.9. The van der Waals surface area contributed by atoms with E-state index in [1.165, 1.54) is 0 Å². The van der Waals surface area contributed by atoms with E-state index in [4.69, 9.17) is 0 Å². The molecule has 23 heavy (non-hydrogen) atoms. The second-order valence-corrected chi connectivity index (χ2v) is 9.32. The number of aliphatic hydroxyl groups excluding tert-OH is 1. The summed E-state index contributed by atoms with van der Waals surface area (Å²) in [5, 5.41) is 21.7. The minimum Gasteiger partial charge on any atom is -0.393 e. The maximum Gasteiger partial charge on any atom is 0.139 e. The van der Waals surface area contributed by atoms with E-state index < -0.39 is 5.60 Å². The monoisotopic (exact) mass is 320 g/mol. The number of hydrogen-bond acceptors (Lipinski definition) is 3. The summed E-state index contributed by atoms with van der Waals surface area (Å²) >= 11 is 0. The molecule has 3 aliphatic carbocycles. The van der Waals surface area contributed by atoms with Crippen molar-refractivity contribution < 1.29 is 15.0 Å². The summed E-state index contributed by atoms with van der Waals surface area (Å²) in [5.74, 6) is 0.869. The van der Waals surface area contributed by atoms with Crippen LogP contribution in [0, 0.1) is 28.6 Å². The van der Waals surface area contributed by atoms with E-state index >= 15 is 0 Å². The first-order chi connectivity index (χ1) is 10.5. The number of carbonyl (C=O) groups excluding carboxylic acids is 1. The fourth-order valence-electron chi connectivity index (χ4n) is 6.09. The maximum absolute atomic E-state index is 12.9. The topological polar surface area (TPSA) is 57.5 Å². The molecule has 3 heteroatoms. The molecule has 2 N–H and O–H groups in total. The van der Waals surface area contributed by atoms with Crippen LogP contribution in [0.3, 0.4) is 0 Å². The molecule has 0 aromatic heterocycles. The van der Waals surface area contributed by atoms with Crippen LogP contribution in [0.4, 0.5) is 0 Å². The second kappa shape index (κ2) is 5.16. The fraction of sp³-hybridized carbons (Fsp3) is 0.850. The zero-order chi connectivity index (χ0) is 17.2.